The van der Waals surface area contributed by atoms with E-state index in [9.17, 15) is 4.79 Å². The van der Waals surface area contributed by atoms with E-state index in [-0.39, 0.29) is 12.5 Å². The van der Waals surface area contributed by atoms with Crippen LogP contribution in [-0.4, -0.2) is 64.0 Å². The molecule has 1 aliphatic rings. The molecule has 2 N–H and O–H groups in total. The van der Waals surface area contributed by atoms with Crippen molar-refractivity contribution in [2.75, 3.05) is 63.3 Å². The minimum Gasteiger partial charge on any atom is -0.383 e. The zero-order valence-electron chi connectivity index (χ0n) is 12.3. The lowest BCUT2D eigenvalue weighted by Gasteiger charge is -2.27. The molecule has 0 radical (unpaired) electrons. The second kappa shape index (κ2) is 8.56. The average molecular weight is 294 g/mol. The van der Waals surface area contributed by atoms with Gasteiger partial charge in [0.25, 0.3) is 0 Å². The van der Waals surface area contributed by atoms with Crippen LogP contribution < -0.4 is 15.5 Å². The first-order chi connectivity index (χ1) is 10.3. The summed E-state index contributed by atoms with van der Waals surface area (Å²) in [6, 6.07) is 3.78. The van der Waals surface area contributed by atoms with Gasteiger partial charge >= 0.3 is 0 Å². The van der Waals surface area contributed by atoms with Crippen LogP contribution in [0.2, 0.25) is 0 Å². The molecule has 1 fully saturated rings. The fourth-order valence-electron chi connectivity index (χ4n) is 2.02. The van der Waals surface area contributed by atoms with Crippen molar-refractivity contribution in [1.29, 1.82) is 0 Å². The van der Waals surface area contributed by atoms with Gasteiger partial charge in [0.2, 0.25) is 5.91 Å². The lowest BCUT2D eigenvalue weighted by Crippen LogP contribution is -2.36. The topological polar surface area (TPSA) is 75.7 Å². The molecule has 1 aromatic rings. The van der Waals surface area contributed by atoms with Crippen LogP contribution in [0.1, 0.15) is 0 Å². The van der Waals surface area contributed by atoms with E-state index in [2.05, 4.69) is 20.5 Å². The van der Waals surface area contributed by atoms with E-state index in [1.54, 1.807) is 13.3 Å². The Balaban J connectivity index is 1.77. The third-order valence-electron chi connectivity index (χ3n) is 3.14. The lowest BCUT2D eigenvalue weighted by molar-refractivity contribution is -0.115. The van der Waals surface area contributed by atoms with Crippen molar-refractivity contribution in [3.63, 3.8) is 0 Å². The highest BCUT2D eigenvalue weighted by molar-refractivity contribution is 5.92. The van der Waals surface area contributed by atoms with Gasteiger partial charge in [-0.15, -0.1) is 0 Å². The number of pyridine rings is 1. The van der Waals surface area contributed by atoms with Crippen molar-refractivity contribution in [3.05, 3.63) is 18.3 Å². The van der Waals surface area contributed by atoms with Gasteiger partial charge in [-0.1, -0.05) is 0 Å². The molecule has 2 heterocycles. The van der Waals surface area contributed by atoms with Gasteiger partial charge in [-0.2, -0.15) is 0 Å². The van der Waals surface area contributed by atoms with Gasteiger partial charge in [-0.05, 0) is 12.1 Å². The summed E-state index contributed by atoms with van der Waals surface area (Å²) >= 11 is 0. The standard InChI is InChI=1S/C14H22N4O3/c1-20-7-4-15-11-14(19)17-12-2-3-13(16-10-12)18-5-8-21-9-6-18/h2-3,10,15H,4-9,11H2,1H3,(H,17,19). The van der Waals surface area contributed by atoms with Crippen LogP contribution in [0.5, 0.6) is 0 Å². The minimum atomic E-state index is -0.0907. The van der Waals surface area contributed by atoms with Gasteiger partial charge in [-0.3, -0.25) is 4.79 Å². The molecule has 0 bridgehead atoms. The maximum absolute atomic E-state index is 11.7. The molecule has 2 rings (SSSR count). The highest BCUT2D eigenvalue weighted by atomic mass is 16.5. The first-order valence-corrected chi connectivity index (χ1v) is 7.08. The molecule has 0 aromatic carbocycles. The van der Waals surface area contributed by atoms with Gasteiger partial charge in [-0.25, -0.2) is 4.98 Å². The Morgan fingerprint density at radius 3 is 2.90 bits per heavy atom. The van der Waals surface area contributed by atoms with E-state index in [1.807, 2.05) is 12.1 Å². The molecule has 1 amide bonds. The number of ether oxygens (including phenoxy) is 2. The van der Waals surface area contributed by atoms with Crippen molar-refractivity contribution in [3.8, 4) is 0 Å². The summed E-state index contributed by atoms with van der Waals surface area (Å²) in [6.07, 6.45) is 1.68. The number of rotatable bonds is 7. The predicted octanol–water partition coefficient (Wildman–Crippen LogP) is 0.0927. The highest BCUT2D eigenvalue weighted by Crippen LogP contribution is 2.15. The highest BCUT2D eigenvalue weighted by Gasteiger charge is 2.12. The maximum Gasteiger partial charge on any atom is 0.238 e. The normalized spacial score (nSPS) is 15.0. The summed E-state index contributed by atoms with van der Waals surface area (Å²) in [5.41, 5.74) is 0.700. The molecule has 7 heteroatoms. The largest absolute Gasteiger partial charge is 0.383 e. The molecule has 0 atom stereocenters. The number of methoxy groups -OCH3 is 1. The number of aromatic nitrogens is 1. The fourth-order valence-corrected chi connectivity index (χ4v) is 2.02. The Kier molecular flexibility index (Phi) is 6.39. The van der Waals surface area contributed by atoms with Gasteiger partial charge in [0.1, 0.15) is 5.82 Å². The lowest BCUT2D eigenvalue weighted by atomic mass is 10.3. The summed E-state index contributed by atoms with van der Waals surface area (Å²) in [5.74, 6) is 0.821. The van der Waals surface area contributed by atoms with Crippen LogP contribution in [0.25, 0.3) is 0 Å². The van der Waals surface area contributed by atoms with Crippen LogP contribution in [0.4, 0.5) is 11.5 Å². The van der Waals surface area contributed by atoms with E-state index >= 15 is 0 Å². The van der Waals surface area contributed by atoms with Crippen molar-refractivity contribution < 1.29 is 14.3 Å². The van der Waals surface area contributed by atoms with E-state index in [0.29, 0.717) is 18.8 Å². The zero-order valence-corrected chi connectivity index (χ0v) is 12.3. The van der Waals surface area contributed by atoms with E-state index < -0.39 is 0 Å². The fraction of sp³-hybridized carbons (Fsp3) is 0.571. The molecule has 0 spiro atoms. The molecule has 0 unspecified atom stereocenters. The van der Waals surface area contributed by atoms with Crippen molar-refractivity contribution >= 4 is 17.4 Å². The maximum atomic E-state index is 11.7. The Morgan fingerprint density at radius 1 is 1.43 bits per heavy atom. The van der Waals surface area contributed by atoms with Gasteiger partial charge in [0.05, 0.1) is 38.2 Å². The number of morpholine rings is 1. The summed E-state index contributed by atoms with van der Waals surface area (Å²) in [4.78, 5) is 18.2. The monoisotopic (exact) mass is 294 g/mol. The van der Waals surface area contributed by atoms with E-state index in [1.165, 1.54) is 0 Å². The predicted molar refractivity (Wildman–Crippen MR) is 80.6 cm³/mol. The van der Waals surface area contributed by atoms with Crippen LogP contribution in [0.3, 0.4) is 0 Å². The number of anilines is 2. The summed E-state index contributed by atoms with van der Waals surface area (Å²) in [6.45, 7) is 4.65. The molecule has 1 aromatic heterocycles. The first-order valence-electron chi connectivity index (χ1n) is 7.08. The average Bonchev–Trinajstić information content (AvgIpc) is 2.53. The number of hydrogen-bond donors (Lipinski definition) is 2. The number of hydrogen-bond acceptors (Lipinski definition) is 6. The Bertz CT molecular complexity index is 432. The summed E-state index contributed by atoms with van der Waals surface area (Å²) in [7, 11) is 1.63. The SMILES string of the molecule is COCCNCC(=O)Nc1ccc(N2CCOCC2)nc1. The van der Waals surface area contributed by atoms with Crippen molar-refractivity contribution in [1.82, 2.24) is 10.3 Å². The minimum absolute atomic E-state index is 0.0907. The van der Waals surface area contributed by atoms with Crippen LogP contribution >= 0.6 is 0 Å². The molecule has 21 heavy (non-hydrogen) atoms. The van der Waals surface area contributed by atoms with Crippen LogP contribution in [0, 0.1) is 0 Å². The molecule has 1 aliphatic heterocycles. The quantitative estimate of drug-likeness (QED) is 0.694. The summed E-state index contributed by atoms with van der Waals surface area (Å²) < 4.78 is 10.2. The van der Waals surface area contributed by atoms with Gasteiger partial charge < -0.3 is 25.0 Å². The molecular weight excluding hydrogens is 272 g/mol. The van der Waals surface area contributed by atoms with E-state index in [0.717, 1.165) is 32.1 Å². The Morgan fingerprint density at radius 2 is 2.24 bits per heavy atom. The van der Waals surface area contributed by atoms with Gasteiger partial charge in [0, 0.05) is 26.7 Å². The smallest absolute Gasteiger partial charge is 0.238 e. The number of carbonyl (C=O) groups excluding carboxylic acids is 1. The van der Waals surface area contributed by atoms with Crippen molar-refractivity contribution in [2.24, 2.45) is 0 Å². The van der Waals surface area contributed by atoms with Crippen molar-refractivity contribution in [2.45, 2.75) is 0 Å². The molecule has 1 saturated heterocycles. The number of carbonyl (C=O) groups is 1. The molecule has 0 aliphatic carbocycles. The second-order valence-corrected chi connectivity index (χ2v) is 4.72. The molecule has 7 nitrogen and oxygen atoms in total. The van der Waals surface area contributed by atoms with Gasteiger partial charge in [0.15, 0.2) is 0 Å². The molecular formula is C14H22N4O3. The second-order valence-electron chi connectivity index (χ2n) is 4.72. The third kappa shape index (κ3) is 5.30. The number of nitrogens with zero attached hydrogens (tertiary/aromatic N) is 2. The molecule has 116 valence electrons. The van der Waals surface area contributed by atoms with E-state index in [4.69, 9.17) is 9.47 Å². The first kappa shape index (κ1) is 15.7. The Hall–Kier alpha value is -1.70. The third-order valence-corrected chi connectivity index (χ3v) is 3.14. The van der Waals surface area contributed by atoms with Crippen LogP contribution in [0.15, 0.2) is 18.3 Å². The number of nitrogens with one attached hydrogen (secondary N) is 2. The number of amides is 1. The zero-order chi connectivity index (χ0) is 14.9. The molecule has 0 saturated carbocycles. The summed E-state index contributed by atoms with van der Waals surface area (Å²) in [5, 5.41) is 5.79. The Labute approximate surface area is 124 Å². The van der Waals surface area contributed by atoms with Crippen LogP contribution in [-0.2, 0) is 14.3 Å².